The molecule has 1 N–H and O–H groups in total. The van der Waals surface area contributed by atoms with E-state index in [2.05, 4.69) is 53.9 Å². The number of rotatable bonds is 5. The minimum atomic E-state index is 0.487. The molecule has 0 radical (unpaired) electrons. The van der Waals surface area contributed by atoms with Crippen molar-refractivity contribution in [2.45, 2.75) is 26.4 Å². The molecule has 0 amide bonds. The molecule has 2 aromatic carbocycles. The van der Waals surface area contributed by atoms with E-state index in [1.165, 1.54) is 9.13 Å². The van der Waals surface area contributed by atoms with Gasteiger partial charge in [-0.1, -0.05) is 26.0 Å². The van der Waals surface area contributed by atoms with E-state index >= 15 is 0 Å². The monoisotopic (exact) mass is 367 g/mol. The third-order valence-corrected chi connectivity index (χ3v) is 3.38. The first-order valence-electron chi connectivity index (χ1n) is 6.39. The lowest BCUT2D eigenvalue weighted by molar-refractivity contribution is 0.481. The molecule has 0 aromatic heterocycles. The highest BCUT2D eigenvalue weighted by atomic mass is 127. The zero-order valence-electron chi connectivity index (χ0n) is 11.2. The number of ether oxygens (including phenoxy) is 1. The van der Waals surface area contributed by atoms with Crippen molar-refractivity contribution >= 4 is 22.6 Å². The Morgan fingerprint density at radius 2 is 1.79 bits per heavy atom. The highest BCUT2D eigenvalue weighted by Gasteiger charge is 2.00. The maximum Gasteiger partial charge on any atom is 0.127 e. The van der Waals surface area contributed by atoms with Crippen molar-refractivity contribution < 1.29 is 4.74 Å². The van der Waals surface area contributed by atoms with Gasteiger partial charge in [0.15, 0.2) is 0 Å². The molecule has 100 valence electrons. The van der Waals surface area contributed by atoms with Crippen LogP contribution in [0.2, 0.25) is 0 Å². The molecule has 0 atom stereocenters. The molecule has 2 nitrogen and oxygen atoms in total. The molecular formula is C16H18INO. The number of benzene rings is 2. The average Bonchev–Trinajstić information content (AvgIpc) is 2.40. The van der Waals surface area contributed by atoms with Gasteiger partial charge in [0.05, 0.1) is 0 Å². The predicted molar refractivity (Wildman–Crippen MR) is 87.7 cm³/mol. The van der Waals surface area contributed by atoms with Crippen molar-refractivity contribution in [2.24, 2.45) is 0 Å². The van der Waals surface area contributed by atoms with Crippen molar-refractivity contribution in [3.05, 3.63) is 57.7 Å². The van der Waals surface area contributed by atoms with E-state index in [1.54, 1.807) is 0 Å². The van der Waals surface area contributed by atoms with E-state index in [9.17, 15) is 0 Å². The minimum Gasteiger partial charge on any atom is -0.457 e. The van der Waals surface area contributed by atoms with Gasteiger partial charge in [-0.05, 0) is 64.6 Å². The summed E-state index contributed by atoms with van der Waals surface area (Å²) in [5.41, 5.74) is 1.23. The number of hydrogen-bond donors (Lipinski definition) is 1. The van der Waals surface area contributed by atoms with Gasteiger partial charge < -0.3 is 10.1 Å². The fourth-order valence-electron chi connectivity index (χ4n) is 1.68. The van der Waals surface area contributed by atoms with Crippen molar-refractivity contribution in [2.75, 3.05) is 0 Å². The maximum absolute atomic E-state index is 5.85. The van der Waals surface area contributed by atoms with E-state index in [0.717, 1.165) is 18.0 Å². The minimum absolute atomic E-state index is 0.487. The van der Waals surface area contributed by atoms with Gasteiger partial charge in [0.25, 0.3) is 0 Å². The van der Waals surface area contributed by atoms with Gasteiger partial charge in [-0.3, -0.25) is 0 Å². The highest BCUT2D eigenvalue weighted by molar-refractivity contribution is 14.1. The topological polar surface area (TPSA) is 21.3 Å². The quantitative estimate of drug-likeness (QED) is 0.781. The van der Waals surface area contributed by atoms with Gasteiger partial charge in [-0.2, -0.15) is 0 Å². The SMILES string of the molecule is CC(C)NCc1cccc(Oc2ccc(I)cc2)c1. The molecule has 0 aliphatic carbocycles. The molecule has 0 saturated heterocycles. The molecular weight excluding hydrogens is 349 g/mol. The summed E-state index contributed by atoms with van der Waals surface area (Å²) < 4.78 is 7.06. The Balaban J connectivity index is 2.04. The standard InChI is InChI=1S/C16H18INO/c1-12(2)18-11-13-4-3-5-16(10-13)19-15-8-6-14(17)7-9-15/h3-10,12,18H,11H2,1-2H3. The third-order valence-electron chi connectivity index (χ3n) is 2.66. The van der Waals surface area contributed by atoms with Gasteiger partial charge in [-0.15, -0.1) is 0 Å². The first-order chi connectivity index (χ1) is 9.13. The molecule has 0 bridgehead atoms. The Hall–Kier alpha value is -1.07. The van der Waals surface area contributed by atoms with E-state index in [4.69, 9.17) is 4.74 Å². The Morgan fingerprint density at radius 3 is 2.47 bits per heavy atom. The zero-order chi connectivity index (χ0) is 13.7. The average molecular weight is 367 g/mol. The maximum atomic E-state index is 5.85. The second kappa shape index (κ2) is 6.91. The van der Waals surface area contributed by atoms with E-state index in [-0.39, 0.29) is 0 Å². The normalized spacial score (nSPS) is 10.7. The van der Waals surface area contributed by atoms with Gasteiger partial charge in [0, 0.05) is 16.2 Å². The second-order valence-corrected chi connectivity index (χ2v) is 5.98. The molecule has 0 unspecified atom stereocenters. The van der Waals surface area contributed by atoms with Crippen LogP contribution in [0.25, 0.3) is 0 Å². The van der Waals surface area contributed by atoms with Crippen LogP contribution in [0, 0.1) is 3.57 Å². The summed E-state index contributed by atoms with van der Waals surface area (Å²) >= 11 is 2.29. The summed E-state index contributed by atoms with van der Waals surface area (Å²) in [7, 11) is 0. The van der Waals surface area contributed by atoms with Gasteiger partial charge >= 0.3 is 0 Å². The first kappa shape index (κ1) is 14.3. The summed E-state index contributed by atoms with van der Waals surface area (Å²) in [4.78, 5) is 0. The molecule has 0 aliphatic rings. The largest absolute Gasteiger partial charge is 0.457 e. The van der Waals surface area contributed by atoms with Gasteiger partial charge in [0.1, 0.15) is 11.5 Å². The molecule has 0 aliphatic heterocycles. The van der Waals surface area contributed by atoms with Crippen molar-refractivity contribution in [1.82, 2.24) is 5.32 Å². The Bertz CT molecular complexity index is 523. The lowest BCUT2D eigenvalue weighted by Gasteiger charge is -2.10. The van der Waals surface area contributed by atoms with Crippen LogP contribution in [-0.4, -0.2) is 6.04 Å². The van der Waals surface area contributed by atoms with Crippen LogP contribution in [0.3, 0.4) is 0 Å². The molecule has 2 aromatic rings. The zero-order valence-corrected chi connectivity index (χ0v) is 13.3. The van der Waals surface area contributed by atoms with Crippen LogP contribution < -0.4 is 10.1 Å². The summed E-state index contributed by atoms with van der Waals surface area (Å²) in [6, 6.07) is 16.7. The first-order valence-corrected chi connectivity index (χ1v) is 7.47. The lowest BCUT2D eigenvalue weighted by atomic mass is 10.2. The van der Waals surface area contributed by atoms with Crippen LogP contribution in [0.15, 0.2) is 48.5 Å². The van der Waals surface area contributed by atoms with E-state index < -0.39 is 0 Å². The Morgan fingerprint density at radius 1 is 1.05 bits per heavy atom. The molecule has 0 spiro atoms. The fourth-order valence-corrected chi connectivity index (χ4v) is 2.04. The number of hydrogen-bond acceptors (Lipinski definition) is 2. The molecule has 19 heavy (non-hydrogen) atoms. The van der Waals surface area contributed by atoms with Crippen LogP contribution in [-0.2, 0) is 6.54 Å². The smallest absolute Gasteiger partial charge is 0.127 e. The fraction of sp³-hybridized carbons (Fsp3) is 0.250. The lowest BCUT2D eigenvalue weighted by Crippen LogP contribution is -2.21. The predicted octanol–water partition coefficient (Wildman–Crippen LogP) is 4.58. The van der Waals surface area contributed by atoms with Crippen molar-refractivity contribution in [3.8, 4) is 11.5 Å². The summed E-state index contributed by atoms with van der Waals surface area (Å²) in [6.45, 7) is 5.15. The summed E-state index contributed by atoms with van der Waals surface area (Å²) in [6.07, 6.45) is 0. The molecule has 3 heteroatoms. The highest BCUT2D eigenvalue weighted by Crippen LogP contribution is 2.23. The number of nitrogens with one attached hydrogen (secondary N) is 1. The van der Waals surface area contributed by atoms with Crippen molar-refractivity contribution in [3.63, 3.8) is 0 Å². The molecule has 0 fully saturated rings. The Labute approximate surface area is 128 Å². The van der Waals surface area contributed by atoms with E-state index in [1.807, 2.05) is 36.4 Å². The van der Waals surface area contributed by atoms with Crippen molar-refractivity contribution in [1.29, 1.82) is 0 Å². The molecule has 2 rings (SSSR count). The van der Waals surface area contributed by atoms with Crippen LogP contribution >= 0.6 is 22.6 Å². The Kier molecular flexibility index (Phi) is 5.22. The molecule has 0 saturated carbocycles. The summed E-state index contributed by atoms with van der Waals surface area (Å²) in [5.74, 6) is 1.75. The van der Waals surface area contributed by atoms with Crippen LogP contribution in [0.4, 0.5) is 0 Å². The second-order valence-electron chi connectivity index (χ2n) is 4.74. The molecule has 0 heterocycles. The van der Waals surface area contributed by atoms with Gasteiger partial charge in [-0.25, -0.2) is 0 Å². The van der Waals surface area contributed by atoms with E-state index in [0.29, 0.717) is 6.04 Å². The third kappa shape index (κ3) is 4.84. The van der Waals surface area contributed by atoms with Crippen LogP contribution in [0.1, 0.15) is 19.4 Å². The summed E-state index contributed by atoms with van der Waals surface area (Å²) in [5, 5.41) is 3.40. The number of halogens is 1. The van der Waals surface area contributed by atoms with Gasteiger partial charge in [0.2, 0.25) is 0 Å². The van der Waals surface area contributed by atoms with Crippen LogP contribution in [0.5, 0.6) is 11.5 Å².